The summed E-state index contributed by atoms with van der Waals surface area (Å²) in [6, 6.07) is 17.1. The van der Waals surface area contributed by atoms with Crippen molar-refractivity contribution in [2.45, 2.75) is 29.5 Å². The number of carbonyl (C=O) groups is 1. The summed E-state index contributed by atoms with van der Waals surface area (Å²) in [5, 5.41) is 2.90. The third kappa shape index (κ3) is 2.11. The third-order valence-electron chi connectivity index (χ3n) is 4.67. The molecule has 1 heterocycles. The van der Waals surface area contributed by atoms with E-state index in [2.05, 4.69) is 63.7 Å². The number of alkyl halides is 1. The number of hydrogen-bond acceptors (Lipinski definition) is 1. The van der Waals surface area contributed by atoms with Crippen LogP contribution in [-0.2, 0) is 16.6 Å². The van der Waals surface area contributed by atoms with Crippen LogP contribution in [0.3, 0.4) is 0 Å². The first-order valence-electron chi connectivity index (χ1n) is 7.31. The zero-order valence-corrected chi connectivity index (χ0v) is 13.2. The summed E-state index contributed by atoms with van der Waals surface area (Å²) in [4.78, 5) is 11.8. The molecule has 21 heavy (non-hydrogen) atoms. The minimum absolute atomic E-state index is 0.0949. The molecular formula is C18H16BrNO. The number of amides is 1. The fourth-order valence-corrected chi connectivity index (χ4v) is 4.33. The summed E-state index contributed by atoms with van der Waals surface area (Å²) < 4.78 is 0. The van der Waals surface area contributed by atoms with Gasteiger partial charge in [0.25, 0.3) is 0 Å². The highest BCUT2D eigenvalue weighted by Gasteiger charge is 2.50. The molecule has 1 unspecified atom stereocenters. The van der Waals surface area contributed by atoms with Crippen molar-refractivity contribution in [3.63, 3.8) is 0 Å². The van der Waals surface area contributed by atoms with E-state index in [0.29, 0.717) is 11.2 Å². The smallest absolute Gasteiger partial charge is 0.228 e. The van der Waals surface area contributed by atoms with Gasteiger partial charge in [-0.3, -0.25) is 4.79 Å². The maximum Gasteiger partial charge on any atom is 0.228 e. The SMILES string of the molecule is O=C1Cc2cc(C(Br)C3(c4ccccc4)CC3)ccc2N1. The van der Waals surface area contributed by atoms with Crippen LogP contribution >= 0.6 is 15.9 Å². The van der Waals surface area contributed by atoms with E-state index in [9.17, 15) is 4.79 Å². The van der Waals surface area contributed by atoms with Gasteiger partial charge in [-0.1, -0.05) is 58.4 Å². The highest BCUT2D eigenvalue weighted by Crippen LogP contribution is 2.60. The number of halogens is 1. The van der Waals surface area contributed by atoms with Crippen molar-refractivity contribution in [3.05, 3.63) is 65.2 Å². The number of nitrogens with one attached hydrogen (secondary N) is 1. The number of carbonyl (C=O) groups excluding carboxylic acids is 1. The molecule has 1 N–H and O–H groups in total. The van der Waals surface area contributed by atoms with Gasteiger partial charge in [0.2, 0.25) is 5.91 Å². The van der Waals surface area contributed by atoms with Crippen molar-refractivity contribution in [1.82, 2.24) is 0 Å². The second-order valence-corrected chi connectivity index (χ2v) is 6.94. The van der Waals surface area contributed by atoms with Crippen LogP contribution in [0.4, 0.5) is 5.69 Å². The quantitative estimate of drug-likeness (QED) is 0.826. The summed E-state index contributed by atoms with van der Waals surface area (Å²) in [6.45, 7) is 0. The van der Waals surface area contributed by atoms with Crippen LogP contribution in [0.1, 0.15) is 34.4 Å². The lowest BCUT2D eigenvalue weighted by Crippen LogP contribution is -2.13. The van der Waals surface area contributed by atoms with Crippen molar-refractivity contribution in [2.75, 3.05) is 5.32 Å². The Morgan fingerprint density at radius 2 is 1.86 bits per heavy atom. The summed E-state index contributed by atoms with van der Waals surface area (Å²) in [5.74, 6) is 0.0949. The molecule has 0 saturated heterocycles. The molecule has 2 nitrogen and oxygen atoms in total. The first-order chi connectivity index (χ1) is 10.2. The van der Waals surface area contributed by atoms with Gasteiger partial charge in [0.1, 0.15) is 0 Å². The number of benzene rings is 2. The normalized spacial score (nSPS) is 19.8. The molecule has 106 valence electrons. The molecule has 1 saturated carbocycles. The highest BCUT2D eigenvalue weighted by molar-refractivity contribution is 9.09. The summed E-state index contributed by atoms with van der Waals surface area (Å²) in [5.41, 5.74) is 4.97. The van der Waals surface area contributed by atoms with E-state index in [-0.39, 0.29) is 11.3 Å². The van der Waals surface area contributed by atoms with Gasteiger partial charge in [-0.15, -0.1) is 0 Å². The summed E-state index contributed by atoms with van der Waals surface area (Å²) in [7, 11) is 0. The van der Waals surface area contributed by atoms with Crippen LogP contribution in [0.5, 0.6) is 0 Å². The molecular weight excluding hydrogens is 326 g/mol. The molecule has 2 aliphatic rings. The van der Waals surface area contributed by atoms with Crippen LogP contribution in [-0.4, -0.2) is 5.91 Å². The van der Waals surface area contributed by atoms with Gasteiger partial charge in [-0.05, 0) is 35.6 Å². The van der Waals surface area contributed by atoms with Gasteiger partial charge in [-0.2, -0.15) is 0 Å². The molecule has 4 rings (SSSR count). The number of hydrogen-bond donors (Lipinski definition) is 1. The lowest BCUT2D eigenvalue weighted by atomic mass is 9.88. The molecule has 1 amide bonds. The van der Waals surface area contributed by atoms with Crippen LogP contribution in [0.2, 0.25) is 0 Å². The van der Waals surface area contributed by atoms with Crippen molar-refractivity contribution in [3.8, 4) is 0 Å². The predicted octanol–water partition coefficient (Wildman–Crippen LogP) is 4.35. The molecule has 0 bridgehead atoms. The first kappa shape index (κ1) is 13.1. The molecule has 1 fully saturated rings. The van der Waals surface area contributed by atoms with Gasteiger partial charge in [0.05, 0.1) is 6.42 Å². The van der Waals surface area contributed by atoms with E-state index < -0.39 is 0 Å². The Hall–Kier alpha value is -1.61. The van der Waals surface area contributed by atoms with Crippen molar-refractivity contribution >= 4 is 27.5 Å². The zero-order valence-electron chi connectivity index (χ0n) is 11.6. The Labute approximate surface area is 132 Å². The van der Waals surface area contributed by atoms with E-state index >= 15 is 0 Å². The van der Waals surface area contributed by atoms with Crippen LogP contribution in [0.25, 0.3) is 0 Å². The number of anilines is 1. The third-order valence-corrected chi connectivity index (χ3v) is 6.07. The highest BCUT2D eigenvalue weighted by atomic mass is 79.9. The van der Waals surface area contributed by atoms with Crippen molar-refractivity contribution in [2.24, 2.45) is 0 Å². The minimum atomic E-state index is 0.0949. The Kier molecular flexibility index (Phi) is 2.93. The second-order valence-electron chi connectivity index (χ2n) is 6.03. The van der Waals surface area contributed by atoms with E-state index in [0.717, 1.165) is 11.3 Å². The fraction of sp³-hybridized carbons (Fsp3) is 0.278. The van der Waals surface area contributed by atoms with E-state index in [1.54, 1.807) is 0 Å². The maximum atomic E-state index is 11.5. The van der Waals surface area contributed by atoms with Crippen molar-refractivity contribution < 1.29 is 4.79 Å². The fourth-order valence-electron chi connectivity index (χ4n) is 3.32. The zero-order chi connectivity index (χ0) is 14.4. The van der Waals surface area contributed by atoms with Gasteiger partial charge in [0.15, 0.2) is 0 Å². The van der Waals surface area contributed by atoms with Gasteiger partial charge in [-0.25, -0.2) is 0 Å². The molecule has 1 aliphatic carbocycles. The lowest BCUT2D eigenvalue weighted by molar-refractivity contribution is -0.115. The Bertz CT molecular complexity index is 706. The molecule has 2 aromatic carbocycles. The van der Waals surface area contributed by atoms with E-state index in [4.69, 9.17) is 0 Å². The Balaban J connectivity index is 1.68. The molecule has 3 heteroatoms. The van der Waals surface area contributed by atoms with E-state index in [1.165, 1.54) is 24.0 Å². The topological polar surface area (TPSA) is 29.1 Å². The van der Waals surface area contributed by atoms with Crippen molar-refractivity contribution in [1.29, 1.82) is 0 Å². The van der Waals surface area contributed by atoms with Gasteiger partial charge in [0, 0.05) is 15.9 Å². The number of fused-ring (bicyclic) bond motifs is 1. The summed E-state index contributed by atoms with van der Waals surface area (Å²) in [6.07, 6.45) is 2.92. The maximum absolute atomic E-state index is 11.5. The first-order valence-corrected chi connectivity index (χ1v) is 8.23. The minimum Gasteiger partial charge on any atom is -0.326 e. The summed E-state index contributed by atoms with van der Waals surface area (Å²) >= 11 is 3.92. The predicted molar refractivity (Wildman–Crippen MR) is 87.8 cm³/mol. The Morgan fingerprint density at radius 1 is 1.10 bits per heavy atom. The van der Waals surface area contributed by atoms with E-state index in [1.807, 2.05) is 6.07 Å². The lowest BCUT2D eigenvalue weighted by Gasteiger charge is -2.23. The standard InChI is InChI=1S/C18H16BrNO/c19-17(18(8-9-18)14-4-2-1-3-5-14)12-6-7-15-13(10-12)11-16(21)20-15/h1-7,10,17H,8-9,11H2,(H,20,21). The largest absolute Gasteiger partial charge is 0.326 e. The molecule has 1 aliphatic heterocycles. The Morgan fingerprint density at radius 3 is 2.57 bits per heavy atom. The van der Waals surface area contributed by atoms with Crippen LogP contribution < -0.4 is 5.32 Å². The van der Waals surface area contributed by atoms with Gasteiger partial charge >= 0.3 is 0 Å². The molecule has 0 radical (unpaired) electrons. The number of rotatable bonds is 3. The average molecular weight is 342 g/mol. The molecule has 1 atom stereocenters. The van der Waals surface area contributed by atoms with Crippen LogP contribution in [0, 0.1) is 0 Å². The average Bonchev–Trinajstić information content (AvgIpc) is 3.23. The molecule has 0 aromatic heterocycles. The monoisotopic (exact) mass is 341 g/mol. The molecule has 0 spiro atoms. The molecule has 2 aromatic rings. The van der Waals surface area contributed by atoms with Gasteiger partial charge < -0.3 is 5.32 Å². The second kappa shape index (κ2) is 4.70. The van der Waals surface area contributed by atoms with Crippen LogP contribution in [0.15, 0.2) is 48.5 Å².